The zero-order valence-corrected chi connectivity index (χ0v) is 4.00. The zero-order chi connectivity index (χ0) is 6.73. The van der Waals surface area contributed by atoms with Crippen LogP contribution in [0.15, 0.2) is 0 Å². The van der Waals surface area contributed by atoms with Gasteiger partial charge in [-0.3, -0.25) is 0 Å². The second-order valence-corrected chi connectivity index (χ2v) is 1.05. The summed E-state index contributed by atoms with van der Waals surface area (Å²) in [5, 5.41) is 0.111. The molecule has 0 heterocycles. The summed E-state index contributed by atoms with van der Waals surface area (Å²) in [6.45, 7) is 0. The number of hydrazine groups is 1. The molecule has 0 spiro atoms. The monoisotopic (exact) mass is 118 g/mol. The molecule has 6 N–H and O–H groups in total. The molecule has 0 radical (unpaired) electrons. The summed E-state index contributed by atoms with van der Waals surface area (Å²) in [5.41, 5.74) is 9.00. The molecule has 0 bridgehead atoms. The first-order valence-corrected chi connectivity index (χ1v) is 1.69. The van der Waals surface area contributed by atoms with Gasteiger partial charge in [0.05, 0.1) is 0 Å². The van der Waals surface area contributed by atoms with E-state index in [-0.39, 0.29) is 5.01 Å². The third kappa shape index (κ3) is 1.43. The zero-order valence-electron chi connectivity index (χ0n) is 4.00. The number of imide groups is 1. The summed E-state index contributed by atoms with van der Waals surface area (Å²) in [6.07, 6.45) is 0. The lowest BCUT2D eigenvalue weighted by atomic mass is 10.9. The maximum atomic E-state index is 9.86. The molecule has 0 aromatic rings. The maximum Gasteiger partial charge on any atom is 0.337 e. The van der Waals surface area contributed by atoms with Crippen LogP contribution in [0.4, 0.5) is 9.59 Å². The first-order valence-electron chi connectivity index (χ1n) is 1.69. The van der Waals surface area contributed by atoms with Gasteiger partial charge >= 0.3 is 12.1 Å². The highest BCUT2D eigenvalue weighted by molar-refractivity contribution is 5.90. The van der Waals surface area contributed by atoms with Gasteiger partial charge < -0.3 is 11.5 Å². The van der Waals surface area contributed by atoms with Crippen LogP contribution in [0.2, 0.25) is 0 Å². The highest BCUT2D eigenvalue weighted by atomic mass is 16.2. The molecule has 0 saturated carbocycles. The van der Waals surface area contributed by atoms with Crippen LogP contribution in [0.3, 0.4) is 0 Å². The first-order chi connectivity index (χ1) is 3.55. The van der Waals surface area contributed by atoms with Gasteiger partial charge in [0.1, 0.15) is 0 Å². The molecule has 0 saturated heterocycles. The predicted octanol–water partition coefficient (Wildman–Crippen LogP) is -1.68. The van der Waals surface area contributed by atoms with Crippen LogP contribution in [0, 0.1) is 0 Å². The van der Waals surface area contributed by atoms with Gasteiger partial charge in [-0.05, 0) is 0 Å². The van der Waals surface area contributed by atoms with Gasteiger partial charge in [0.25, 0.3) is 0 Å². The highest BCUT2D eigenvalue weighted by Gasteiger charge is 2.07. The standard InChI is InChI=1S/C2H6N4O2/c3-1(7)6(5)2(4)8/h5H2,(H2,3,7)(H2,4,8). The van der Waals surface area contributed by atoms with Crippen LogP contribution in [-0.2, 0) is 0 Å². The summed E-state index contributed by atoms with van der Waals surface area (Å²) in [4.78, 5) is 19.7. The molecule has 0 aliphatic rings. The molecule has 6 heteroatoms. The molecule has 46 valence electrons. The minimum Gasteiger partial charge on any atom is -0.350 e. The Morgan fingerprint density at radius 3 is 1.38 bits per heavy atom. The number of hydrogen-bond donors (Lipinski definition) is 3. The van der Waals surface area contributed by atoms with Crippen LogP contribution in [-0.4, -0.2) is 17.1 Å². The average molecular weight is 118 g/mol. The Bertz CT molecular complexity index is 107. The van der Waals surface area contributed by atoms with Crippen LogP contribution < -0.4 is 17.3 Å². The van der Waals surface area contributed by atoms with Gasteiger partial charge in [-0.1, -0.05) is 0 Å². The van der Waals surface area contributed by atoms with Crippen LogP contribution in [0.25, 0.3) is 0 Å². The molecular weight excluding hydrogens is 112 g/mol. The Labute approximate surface area is 45.2 Å². The fraction of sp³-hybridized carbons (Fsp3) is 0. The van der Waals surface area contributed by atoms with Crippen molar-refractivity contribution in [2.24, 2.45) is 17.3 Å². The number of primary amides is 2. The predicted molar refractivity (Wildman–Crippen MR) is 25.2 cm³/mol. The van der Waals surface area contributed by atoms with Crippen LogP contribution in [0.1, 0.15) is 0 Å². The van der Waals surface area contributed by atoms with E-state index in [9.17, 15) is 9.59 Å². The minimum atomic E-state index is -1.07. The fourth-order valence-corrected chi connectivity index (χ4v) is 0.109. The Morgan fingerprint density at radius 1 is 1.12 bits per heavy atom. The van der Waals surface area contributed by atoms with Gasteiger partial charge in [-0.15, -0.1) is 0 Å². The molecule has 0 aromatic carbocycles. The molecule has 0 aromatic heterocycles. The van der Waals surface area contributed by atoms with Gasteiger partial charge in [0.15, 0.2) is 0 Å². The molecule has 0 atom stereocenters. The van der Waals surface area contributed by atoms with E-state index in [2.05, 4.69) is 17.3 Å². The normalized spacial score (nSPS) is 8.12. The number of nitrogens with two attached hydrogens (primary N) is 3. The molecular formula is C2H6N4O2. The van der Waals surface area contributed by atoms with Crippen molar-refractivity contribution < 1.29 is 9.59 Å². The topological polar surface area (TPSA) is 115 Å². The minimum absolute atomic E-state index is 0.111. The smallest absolute Gasteiger partial charge is 0.337 e. The Balaban J connectivity index is 3.83. The van der Waals surface area contributed by atoms with Crippen LogP contribution >= 0.6 is 0 Å². The van der Waals surface area contributed by atoms with Gasteiger partial charge in [-0.25, -0.2) is 15.4 Å². The lowest BCUT2D eigenvalue weighted by Crippen LogP contribution is -2.48. The SMILES string of the molecule is NC(=O)N(N)C(N)=O. The largest absolute Gasteiger partial charge is 0.350 e. The van der Waals surface area contributed by atoms with Crippen molar-refractivity contribution in [3.63, 3.8) is 0 Å². The molecule has 8 heavy (non-hydrogen) atoms. The Morgan fingerprint density at radius 2 is 1.38 bits per heavy atom. The molecule has 4 amide bonds. The molecule has 0 aliphatic carbocycles. The highest BCUT2D eigenvalue weighted by Crippen LogP contribution is 1.71. The summed E-state index contributed by atoms with van der Waals surface area (Å²) < 4.78 is 0. The summed E-state index contributed by atoms with van der Waals surface area (Å²) >= 11 is 0. The van der Waals surface area contributed by atoms with Gasteiger partial charge in [0.2, 0.25) is 0 Å². The third-order valence-corrected chi connectivity index (χ3v) is 0.475. The fourth-order valence-electron chi connectivity index (χ4n) is 0.109. The van der Waals surface area contributed by atoms with Crippen molar-refractivity contribution in [3.05, 3.63) is 0 Å². The summed E-state index contributed by atoms with van der Waals surface area (Å²) in [7, 11) is 0. The van der Waals surface area contributed by atoms with Crippen molar-refractivity contribution >= 4 is 12.1 Å². The number of hydrogen-bond acceptors (Lipinski definition) is 3. The van der Waals surface area contributed by atoms with E-state index >= 15 is 0 Å². The Kier molecular flexibility index (Phi) is 1.78. The third-order valence-electron chi connectivity index (χ3n) is 0.475. The number of carbonyl (C=O) groups excluding carboxylic acids is 2. The van der Waals surface area contributed by atoms with E-state index in [1.165, 1.54) is 0 Å². The molecule has 0 unspecified atom stereocenters. The second kappa shape index (κ2) is 2.12. The van der Waals surface area contributed by atoms with Crippen molar-refractivity contribution in [2.45, 2.75) is 0 Å². The molecule has 0 aliphatic heterocycles. The van der Waals surface area contributed by atoms with Gasteiger partial charge in [0, 0.05) is 0 Å². The lowest BCUT2D eigenvalue weighted by molar-refractivity contribution is 0.198. The number of urea groups is 2. The first kappa shape index (κ1) is 6.70. The average Bonchev–Trinajstić information content (AvgIpc) is 1.64. The number of carbonyl (C=O) groups is 2. The Hall–Kier alpha value is -1.30. The van der Waals surface area contributed by atoms with Crippen molar-refractivity contribution in [1.29, 1.82) is 0 Å². The van der Waals surface area contributed by atoms with Crippen molar-refractivity contribution in [3.8, 4) is 0 Å². The molecule has 0 fully saturated rings. The van der Waals surface area contributed by atoms with E-state index < -0.39 is 12.1 Å². The van der Waals surface area contributed by atoms with E-state index in [0.717, 1.165) is 0 Å². The van der Waals surface area contributed by atoms with E-state index in [4.69, 9.17) is 0 Å². The molecule has 6 nitrogen and oxygen atoms in total. The number of amides is 4. The van der Waals surface area contributed by atoms with E-state index in [1.54, 1.807) is 0 Å². The number of rotatable bonds is 0. The lowest BCUT2D eigenvalue weighted by Gasteiger charge is -2.05. The van der Waals surface area contributed by atoms with Crippen molar-refractivity contribution in [1.82, 2.24) is 5.01 Å². The summed E-state index contributed by atoms with van der Waals surface area (Å²) in [6, 6.07) is -2.14. The van der Waals surface area contributed by atoms with Crippen molar-refractivity contribution in [2.75, 3.05) is 0 Å². The second-order valence-electron chi connectivity index (χ2n) is 1.05. The summed E-state index contributed by atoms with van der Waals surface area (Å²) in [5.74, 6) is 4.64. The number of nitrogens with zero attached hydrogens (tertiary/aromatic N) is 1. The van der Waals surface area contributed by atoms with Gasteiger partial charge in [-0.2, -0.15) is 5.01 Å². The van der Waals surface area contributed by atoms with Crippen LogP contribution in [0.5, 0.6) is 0 Å². The molecule has 0 rings (SSSR count). The van der Waals surface area contributed by atoms with E-state index in [0.29, 0.717) is 0 Å². The van der Waals surface area contributed by atoms with E-state index in [1.807, 2.05) is 0 Å². The maximum absolute atomic E-state index is 9.86. The quantitative estimate of drug-likeness (QED) is 0.200.